The third-order valence-corrected chi connectivity index (χ3v) is 3.45. The molecule has 0 saturated heterocycles. The Morgan fingerprint density at radius 1 is 1.29 bits per heavy atom. The van der Waals surface area contributed by atoms with Crippen molar-refractivity contribution in [3.63, 3.8) is 0 Å². The Hall–Kier alpha value is -2.33. The van der Waals surface area contributed by atoms with Gasteiger partial charge < -0.3 is 9.72 Å². The molecule has 0 unspecified atom stereocenters. The van der Waals surface area contributed by atoms with Crippen LogP contribution in [0.3, 0.4) is 0 Å². The van der Waals surface area contributed by atoms with Gasteiger partial charge in [0.15, 0.2) is 0 Å². The number of imidazole rings is 1. The van der Waals surface area contributed by atoms with Crippen molar-refractivity contribution in [1.29, 1.82) is 0 Å². The highest BCUT2D eigenvalue weighted by Gasteiger charge is 2.14. The summed E-state index contributed by atoms with van der Waals surface area (Å²) in [5, 5.41) is 0.652. The number of aryl methyl sites for hydroxylation is 1. The summed E-state index contributed by atoms with van der Waals surface area (Å²) in [4.78, 5) is 19.5. The Morgan fingerprint density at radius 2 is 2.10 bits per heavy atom. The highest BCUT2D eigenvalue weighted by Crippen LogP contribution is 2.26. The van der Waals surface area contributed by atoms with E-state index < -0.39 is 5.97 Å². The average molecular weight is 301 g/mol. The van der Waals surface area contributed by atoms with Crippen LogP contribution < -0.4 is 0 Å². The van der Waals surface area contributed by atoms with Crippen molar-refractivity contribution in [1.82, 2.24) is 9.97 Å². The number of aromatic nitrogens is 2. The van der Waals surface area contributed by atoms with Gasteiger partial charge >= 0.3 is 5.97 Å². The molecule has 1 heterocycles. The number of nitrogens with one attached hydrogen (secondary N) is 1. The van der Waals surface area contributed by atoms with Crippen molar-refractivity contribution in [2.75, 3.05) is 7.11 Å². The quantitative estimate of drug-likeness (QED) is 0.728. The van der Waals surface area contributed by atoms with E-state index in [1.54, 1.807) is 12.1 Å². The van der Waals surface area contributed by atoms with Gasteiger partial charge in [0.2, 0.25) is 0 Å². The fourth-order valence-corrected chi connectivity index (χ4v) is 2.61. The van der Waals surface area contributed by atoms with Gasteiger partial charge in [-0.15, -0.1) is 0 Å². The topological polar surface area (TPSA) is 55.0 Å². The van der Waals surface area contributed by atoms with Crippen molar-refractivity contribution in [3.8, 4) is 11.4 Å². The number of halogens is 1. The largest absolute Gasteiger partial charge is 0.465 e. The number of para-hydroxylation sites is 1. The first-order chi connectivity index (χ1) is 10.1. The van der Waals surface area contributed by atoms with Crippen LogP contribution in [0.1, 0.15) is 15.9 Å². The number of H-pyrrole nitrogens is 1. The monoisotopic (exact) mass is 300 g/mol. The standard InChI is InChI=1S/C16H13ClN2O2/c1-9-6-10(8-11(17)7-9)15-18-13-5-3-4-12(14(13)19-15)16(20)21-2/h3-8H,1-2H3,(H,18,19). The first-order valence-electron chi connectivity index (χ1n) is 6.43. The molecular formula is C16H13ClN2O2. The molecule has 3 aromatic rings. The molecule has 0 radical (unpaired) electrons. The number of rotatable bonds is 2. The number of hydrogen-bond donors (Lipinski definition) is 1. The molecule has 0 bridgehead atoms. The second-order valence-electron chi connectivity index (χ2n) is 4.80. The number of aromatic amines is 1. The predicted molar refractivity (Wildman–Crippen MR) is 82.6 cm³/mol. The molecule has 0 aliphatic rings. The van der Waals surface area contributed by atoms with Gasteiger partial charge in [0.1, 0.15) is 11.3 Å². The molecular weight excluding hydrogens is 288 g/mol. The molecule has 4 nitrogen and oxygen atoms in total. The summed E-state index contributed by atoms with van der Waals surface area (Å²) in [6.07, 6.45) is 0. The molecule has 0 aliphatic heterocycles. The zero-order chi connectivity index (χ0) is 15.0. The van der Waals surface area contributed by atoms with E-state index in [0.717, 1.165) is 16.6 Å². The second-order valence-corrected chi connectivity index (χ2v) is 5.23. The van der Waals surface area contributed by atoms with Gasteiger partial charge in [-0.25, -0.2) is 9.78 Å². The molecule has 0 fully saturated rings. The summed E-state index contributed by atoms with van der Waals surface area (Å²) in [7, 11) is 1.36. The molecule has 0 atom stereocenters. The zero-order valence-electron chi connectivity index (χ0n) is 11.6. The van der Waals surface area contributed by atoms with E-state index in [-0.39, 0.29) is 0 Å². The van der Waals surface area contributed by atoms with Crippen molar-refractivity contribution < 1.29 is 9.53 Å². The fraction of sp³-hybridized carbons (Fsp3) is 0.125. The Balaban J connectivity index is 2.19. The van der Waals surface area contributed by atoms with E-state index in [1.807, 2.05) is 31.2 Å². The number of esters is 1. The fourth-order valence-electron chi connectivity index (χ4n) is 2.32. The maximum Gasteiger partial charge on any atom is 0.340 e. The molecule has 1 aromatic heterocycles. The lowest BCUT2D eigenvalue weighted by molar-refractivity contribution is 0.0603. The predicted octanol–water partition coefficient (Wildman–Crippen LogP) is 3.98. The summed E-state index contributed by atoms with van der Waals surface area (Å²) < 4.78 is 4.78. The van der Waals surface area contributed by atoms with Crippen LogP contribution in [0.5, 0.6) is 0 Å². The van der Waals surface area contributed by atoms with Gasteiger partial charge in [-0.2, -0.15) is 0 Å². The maximum atomic E-state index is 11.8. The Bertz CT molecular complexity index is 819. The van der Waals surface area contributed by atoms with E-state index in [9.17, 15) is 4.79 Å². The van der Waals surface area contributed by atoms with E-state index >= 15 is 0 Å². The number of ether oxygens (including phenoxy) is 1. The van der Waals surface area contributed by atoms with Crippen LogP contribution in [0.4, 0.5) is 0 Å². The minimum absolute atomic E-state index is 0.402. The third kappa shape index (κ3) is 2.50. The number of nitrogens with zero attached hydrogens (tertiary/aromatic N) is 1. The highest BCUT2D eigenvalue weighted by atomic mass is 35.5. The van der Waals surface area contributed by atoms with Gasteiger partial charge in [0.25, 0.3) is 0 Å². The lowest BCUT2D eigenvalue weighted by Gasteiger charge is -2.00. The molecule has 2 aromatic carbocycles. The van der Waals surface area contributed by atoms with Crippen molar-refractivity contribution in [3.05, 3.63) is 52.5 Å². The van der Waals surface area contributed by atoms with E-state index in [2.05, 4.69) is 9.97 Å². The van der Waals surface area contributed by atoms with E-state index in [0.29, 0.717) is 21.9 Å². The molecule has 0 amide bonds. The number of methoxy groups -OCH3 is 1. The molecule has 0 saturated carbocycles. The first-order valence-corrected chi connectivity index (χ1v) is 6.81. The minimum atomic E-state index is -0.402. The van der Waals surface area contributed by atoms with Gasteiger partial charge in [0, 0.05) is 10.6 Å². The smallest absolute Gasteiger partial charge is 0.340 e. The van der Waals surface area contributed by atoms with Crippen molar-refractivity contribution in [2.45, 2.75) is 6.92 Å². The molecule has 0 aliphatic carbocycles. The van der Waals surface area contributed by atoms with Crippen molar-refractivity contribution >= 4 is 28.6 Å². The summed E-state index contributed by atoms with van der Waals surface area (Å²) in [5.74, 6) is 0.271. The summed E-state index contributed by atoms with van der Waals surface area (Å²) in [5.41, 5.74) is 3.75. The van der Waals surface area contributed by atoms with Gasteiger partial charge in [0.05, 0.1) is 18.2 Å². The molecule has 21 heavy (non-hydrogen) atoms. The molecule has 5 heteroatoms. The number of carbonyl (C=O) groups is 1. The number of benzene rings is 2. The number of carbonyl (C=O) groups excluding carboxylic acids is 1. The Kier molecular flexibility index (Phi) is 3.39. The minimum Gasteiger partial charge on any atom is -0.465 e. The van der Waals surface area contributed by atoms with Crippen LogP contribution in [-0.4, -0.2) is 23.0 Å². The SMILES string of the molecule is COC(=O)c1cccc2[nH]c(-c3cc(C)cc(Cl)c3)nc12. The normalized spacial score (nSPS) is 10.8. The zero-order valence-corrected chi connectivity index (χ0v) is 12.4. The second kappa shape index (κ2) is 5.22. The average Bonchev–Trinajstić information content (AvgIpc) is 2.89. The third-order valence-electron chi connectivity index (χ3n) is 3.23. The van der Waals surface area contributed by atoms with Crippen LogP contribution in [0, 0.1) is 6.92 Å². The van der Waals surface area contributed by atoms with Crippen LogP contribution in [0.25, 0.3) is 22.4 Å². The molecule has 3 rings (SSSR count). The molecule has 106 valence electrons. The van der Waals surface area contributed by atoms with Crippen molar-refractivity contribution in [2.24, 2.45) is 0 Å². The maximum absolute atomic E-state index is 11.8. The van der Waals surface area contributed by atoms with E-state index in [4.69, 9.17) is 16.3 Å². The summed E-state index contributed by atoms with van der Waals surface area (Å²) in [6, 6.07) is 11.1. The number of hydrogen-bond acceptors (Lipinski definition) is 3. The van der Waals surface area contributed by atoms with Crippen LogP contribution >= 0.6 is 11.6 Å². The van der Waals surface area contributed by atoms with Gasteiger partial charge in [-0.1, -0.05) is 17.7 Å². The molecule has 0 spiro atoms. The Labute approximate surface area is 126 Å². The highest BCUT2D eigenvalue weighted by molar-refractivity contribution is 6.30. The lowest BCUT2D eigenvalue weighted by Crippen LogP contribution is -2.01. The van der Waals surface area contributed by atoms with Crippen LogP contribution in [-0.2, 0) is 4.74 Å². The lowest BCUT2D eigenvalue weighted by atomic mass is 10.1. The van der Waals surface area contributed by atoms with Gasteiger partial charge in [-0.05, 0) is 42.8 Å². The summed E-state index contributed by atoms with van der Waals surface area (Å²) in [6.45, 7) is 1.97. The number of fused-ring (bicyclic) bond motifs is 1. The van der Waals surface area contributed by atoms with E-state index in [1.165, 1.54) is 7.11 Å². The first kappa shape index (κ1) is 13.6. The van der Waals surface area contributed by atoms with Crippen LogP contribution in [0.2, 0.25) is 5.02 Å². The van der Waals surface area contributed by atoms with Crippen LogP contribution in [0.15, 0.2) is 36.4 Å². The molecule has 1 N–H and O–H groups in total. The Morgan fingerprint density at radius 3 is 2.81 bits per heavy atom. The van der Waals surface area contributed by atoms with Gasteiger partial charge in [-0.3, -0.25) is 0 Å². The summed E-state index contributed by atoms with van der Waals surface area (Å²) >= 11 is 6.09.